The summed E-state index contributed by atoms with van der Waals surface area (Å²) < 4.78 is 8.66. The van der Waals surface area contributed by atoms with Crippen LogP contribution in [0.3, 0.4) is 0 Å². The van der Waals surface area contributed by atoms with Crippen LogP contribution in [0.1, 0.15) is 36.2 Å². The second-order valence-electron chi connectivity index (χ2n) is 6.54. The highest BCUT2D eigenvalue weighted by molar-refractivity contribution is 6.00. The number of carbonyl (C=O) groups is 1. The van der Waals surface area contributed by atoms with Crippen LogP contribution in [0.25, 0.3) is 16.7 Å². The van der Waals surface area contributed by atoms with Crippen molar-refractivity contribution in [2.45, 2.75) is 33.7 Å². The molecule has 0 aliphatic rings. The van der Waals surface area contributed by atoms with Crippen LogP contribution in [0.4, 0.5) is 5.82 Å². The summed E-state index contributed by atoms with van der Waals surface area (Å²) in [5, 5.41) is 3.11. The van der Waals surface area contributed by atoms with Gasteiger partial charge in [-0.15, -0.1) is 0 Å². The summed E-state index contributed by atoms with van der Waals surface area (Å²) in [4.78, 5) is 30.4. The Hall–Kier alpha value is -3.00. The molecule has 0 fully saturated rings. The van der Waals surface area contributed by atoms with Crippen molar-refractivity contribution >= 4 is 28.4 Å². The lowest BCUT2D eigenvalue weighted by molar-refractivity contribution is -0.659. The molecule has 3 aromatic rings. The van der Waals surface area contributed by atoms with E-state index in [9.17, 15) is 9.59 Å². The first kappa shape index (κ1) is 19.8. The zero-order valence-electron chi connectivity index (χ0n) is 16.5. The van der Waals surface area contributed by atoms with E-state index < -0.39 is 0 Å². The number of ether oxygens (including phenoxy) is 1. The third-order valence-electron chi connectivity index (χ3n) is 4.63. The first-order valence-corrected chi connectivity index (χ1v) is 9.49. The molecule has 0 saturated carbocycles. The van der Waals surface area contributed by atoms with Crippen LogP contribution in [-0.4, -0.2) is 35.1 Å². The summed E-state index contributed by atoms with van der Waals surface area (Å²) in [7, 11) is 0. The van der Waals surface area contributed by atoms with Gasteiger partial charge >= 0.3 is 0 Å². The summed E-state index contributed by atoms with van der Waals surface area (Å²) in [6.45, 7) is 7.81. The third-order valence-corrected chi connectivity index (χ3v) is 4.63. The second kappa shape index (κ2) is 8.35. The molecule has 3 N–H and O–H groups in total. The summed E-state index contributed by atoms with van der Waals surface area (Å²) in [5.74, 6) is -0.0195. The molecule has 0 aromatic carbocycles. The van der Waals surface area contributed by atoms with Crippen LogP contribution in [0.15, 0.2) is 29.2 Å². The third kappa shape index (κ3) is 3.55. The van der Waals surface area contributed by atoms with E-state index in [1.54, 1.807) is 22.9 Å². The van der Waals surface area contributed by atoms with Gasteiger partial charge in [-0.2, -0.15) is 0 Å². The maximum Gasteiger partial charge on any atom is 0.278 e. The number of nitrogens with two attached hydrogens (primary N) is 1. The van der Waals surface area contributed by atoms with Gasteiger partial charge in [0.05, 0.1) is 6.54 Å². The van der Waals surface area contributed by atoms with E-state index in [1.807, 2.05) is 26.8 Å². The van der Waals surface area contributed by atoms with Gasteiger partial charge in [-0.3, -0.25) is 14.0 Å². The number of hydrogen-bond acceptors (Lipinski definition) is 5. The fraction of sp³-hybridized carbons (Fsp3) is 0.400. The van der Waals surface area contributed by atoms with E-state index in [1.165, 1.54) is 4.40 Å². The standard InChI is InChI=1S/C20H25N5O3/c1-4-22-19(26)14-12-15-18(24(16(14)21)10-7-11-28-5-2)23-17-13(3)8-6-9-25(17)20(15)27/h6,8-9,12,21H,4-5,7,10-11H2,1-3H3,(H,22,26)/p+1. The number of carbonyl (C=O) groups excluding carboxylic acids is 1. The Balaban J connectivity index is 2.29. The van der Waals surface area contributed by atoms with Gasteiger partial charge in [0.25, 0.3) is 17.1 Å². The van der Waals surface area contributed by atoms with E-state index in [0.717, 1.165) is 5.56 Å². The zero-order valence-corrected chi connectivity index (χ0v) is 16.5. The molecule has 148 valence electrons. The number of anilines is 1. The number of nitrogens with zero attached hydrogens (tertiary/aromatic N) is 3. The predicted molar refractivity (Wildman–Crippen MR) is 107 cm³/mol. The smallest absolute Gasteiger partial charge is 0.278 e. The van der Waals surface area contributed by atoms with Gasteiger partial charge in [-0.05, 0) is 32.9 Å². The van der Waals surface area contributed by atoms with Gasteiger partial charge in [0.15, 0.2) is 0 Å². The average molecular weight is 384 g/mol. The van der Waals surface area contributed by atoms with E-state index >= 15 is 0 Å². The summed E-state index contributed by atoms with van der Waals surface area (Å²) in [6, 6.07) is 5.24. The number of nitrogens with one attached hydrogen (secondary N) is 1. The molecule has 8 heteroatoms. The number of pyridine rings is 2. The fourth-order valence-corrected chi connectivity index (χ4v) is 3.24. The molecule has 28 heavy (non-hydrogen) atoms. The fourth-order valence-electron chi connectivity index (χ4n) is 3.24. The minimum absolute atomic E-state index is 0.229. The van der Waals surface area contributed by atoms with E-state index in [2.05, 4.69) is 5.32 Å². The minimum Gasteiger partial charge on any atom is -0.382 e. The van der Waals surface area contributed by atoms with Crippen molar-refractivity contribution in [3.05, 3.63) is 45.9 Å². The van der Waals surface area contributed by atoms with Crippen LogP contribution in [-0.2, 0) is 11.3 Å². The summed E-state index contributed by atoms with van der Waals surface area (Å²) >= 11 is 0. The molecule has 0 radical (unpaired) electrons. The molecular weight excluding hydrogens is 358 g/mol. The monoisotopic (exact) mass is 384 g/mol. The molecule has 0 bridgehead atoms. The maximum absolute atomic E-state index is 13.1. The number of hydrogen-bond donors (Lipinski definition) is 2. The molecule has 3 aromatic heterocycles. The molecule has 0 unspecified atom stereocenters. The molecule has 3 rings (SSSR count). The van der Waals surface area contributed by atoms with Crippen molar-refractivity contribution in [1.82, 2.24) is 14.7 Å². The van der Waals surface area contributed by atoms with Crippen LogP contribution in [0, 0.1) is 6.92 Å². The van der Waals surface area contributed by atoms with E-state index in [0.29, 0.717) is 55.2 Å². The minimum atomic E-state index is -0.311. The Labute approximate surface area is 163 Å². The molecule has 0 atom stereocenters. The molecule has 8 nitrogen and oxygen atoms in total. The predicted octanol–water partition coefficient (Wildman–Crippen LogP) is 1.20. The lowest BCUT2D eigenvalue weighted by Crippen LogP contribution is -2.43. The van der Waals surface area contributed by atoms with Crippen molar-refractivity contribution in [2.24, 2.45) is 0 Å². The number of rotatable bonds is 7. The van der Waals surface area contributed by atoms with Gasteiger partial charge in [0.2, 0.25) is 11.5 Å². The first-order chi connectivity index (χ1) is 13.5. The number of aromatic nitrogens is 3. The SMILES string of the molecule is CCNC(=O)c1cc2c(=O)n3cccc(C)c3nc2[n+](CCCOCC)c1N. The Morgan fingerprint density at radius 2 is 2.18 bits per heavy atom. The number of nitrogen functional groups attached to an aromatic ring is 1. The molecule has 3 heterocycles. The summed E-state index contributed by atoms with van der Waals surface area (Å²) in [6.07, 6.45) is 2.37. The van der Waals surface area contributed by atoms with Crippen LogP contribution < -0.4 is 21.2 Å². The van der Waals surface area contributed by atoms with Crippen molar-refractivity contribution in [3.8, 4) is 0 Å². The molecule has 0 aliphatic carbocycles. The van der Waals surface area contributed by atoms with Gasteiger partial charge < -0.3 is 15.8 Å². The van der Waals surface area contributed by atoms with Crippen LogP contribution in [0.5, 0.6) is 0 Å². The molecule has 1 amide bonds. The second-order valence-corrected chi connectivity index (χ2v) is 6.54. The highest BCUT2D eigenvalue weighted by atomic mass is 16.5. The Kier molecular flexibility index (Phi) is 5.89. The van der Waals surface area contributed by atoms with E-state index in [4.69, 9.17) is 15.5 Å². The van der Waals surface area contributed by atoms with Crippen LogP contribution >= 0.6 is 0 Å². The van der Waals surface area contributed by atoms with Crippen molar-refractivity contribution < 1.29 is 14.1 Å². The molecular formula is C20H26N5O3+. The maximum atomic E-state index is 13.1. The van der Waals surface area contributed by atoms with Crippen LogP contribution in [0.2, 0.25) is 0 Å². The van der Waals surface area contributed by atoms with Crippen molar-refractivity contribution in [3.63, 3.8) is 0 Å². The quantitative estimate of drug-likeness (QED) is 0.362. The van der Waals surface area contributed by atoms with Gasteiger partial charge in [-0.25, -0.2) is 4.57 Å². The number of aryl methyl sites for hydroxylation is 2. The molecule has 0 saturated heterocycles. The highest BCUT2D eigenvalue weighted by Crippen LogP contribution is 2.16. The number of fused-ring (bicyclic) bond motifs is 2. The highest BCUT2D eigenvalue weighted by Gasteiger charge is 2.24. The Morgan fingerprint density at radius 3 is 2.89 bits per heavy atom. The Morgan fingerprint density at radius 1 is 1.39 bits per heavy atom. The Bertz CT molecular complexity index is 1090. The normalized spacial score (nSPS) is 11.2. The number of amides is 1. The van der Waals surface area contributed by atoms with Gasteiger partial charge in [0, 0.05) is 37.9 Å². The molecule has 0 aliphatic heterocycles. The summed E-state index contributed by atoms with van der Waals surface area (Å²) in [5.41, 5.74) is 8.32. The van der Waals surface area contributed by atoms with Gasteiger partial charge in [-0.1, -0.05) is 11.1 Å². The van der Waals surface area contributed by atoms with Crippen molar-refractivity contribution in [1.29, 1.82) is 0 Å². The lowest BCUT2D eigenvalue weighted by atomic mass is 10.1. The van der Waals surface area contributed by atoms with Crippen molar-refractivity contribution in [2.75, 3.05) is 25.5 Å². The van der Waals surface area contributed by atoms with E-state index in [-0.39, 0.29) is 17.0 Å². The lowest BCUT2D eigenvalue weighted by Gasteiger charge is -2.12. The first-order valence-electron chi connectivity index (χ1n) is 9.49. The largest absolute Gasteiger partial charge is 0.382 e. The zero-order chi connectivity index (χ0) is 20.3. The average Bonchev–Trinajstić information content (AvgIpc) is 2.67. The topological polar surface area (TPSA) is 103 Å². The van der Waals surface area contributed by atoms with Gasteiger partial charge in [0.1, 0.15) is 10.9 Å². The molecule has 0 spiro atoms.